The molecule has 3 aromatic rings. The number of halogens is 2. The van der Waals surface area contributed by atoms with Crippen LogP contribution in [0.15, 0.2) is 49.8 Å². The summed E-state index contributed by atoms with van der Waals surface area (Å²) in [5.74, 6) is 0.518. The Labute approximate surface area is 174 Å². The maximum atomic E-state index is 10.8. The Morgan fingerprint density at radius 1 is 1.19 bits per heavy atom. The van der Waals surface area contributed by atoms with Gasteiger partial charge in [0.25, 0.3) is 0 Å². The van der Waals surface area contributed by atoms with E-state index in [0.717, 1.165) is 56.9 Å². The van der Waals surface area contributed by atoms with Crippen molar-refractivity contribution in [1.82, 2.24) is 0 Å². The number of ether oxygens (including phenoxy) is 1. The second-order valence-corrected chi connectivity index (χ2v) is 8.06. The SMILES string of the molecule is CCCCc1oc2ccccc2c1Cc1cc(Br)c(OCC(=O)O)c(Br)c1. The average molecular weight is 496 g/mol. The molecule has 0 aliphatic heterocycles. The Morgan fingerprint density at radius 3 is 2.56 bits per heavy atom. The van der Waals surface area contributed by atoms with E-state index in [1.165, 1.54) is 5.56 Å². The van der Waals surface area contributed by atoms with Gasteiger partial charge in [0, 0.05) is 23.8 Å². The van der Waals surface area contributed by atoms with Crippen LogP contribution in [-0.4, -0.2) is 17.7 Å². The molecule has 0 unspecified atom stereocenters. The second-order valence-electron chi connectivity index (χ2n) is 6.35. The minimum absolute atomic E-state index is 0.385. The summed E-state index contributed by atoms with van der Waals surface area (Å²) in [6.07, 6.45) is 3.85. The molecule has 1 aromatic heterocycles. The van der Waals surface area contributed by atoms with Crippen LogP contribution in [0, 0.1) is 0 Å². The topological polar surface area (TPSA) is 59.7 Å². The zero-order chi connectivity index (χ0) is 19.4. The van der Waals surface area contributed by atoms with Gasteiger partial charge >= 0.3 is 5.97 Å². The summed E-state index contributed by atoms with van der Waals surface area (Å²) in [5.41, 5.74) is 3.20. The lowest BCUT2D eigenvalue weighted by Crippen LogP contribution is -2.10. The lowest BCUT2D eigenvalue weighted by atomic mass is 9.99. The van der Waals surface area contributed by atoms with Crippen LogP contribution in [-0.2, 0) is 17.6 Å². The first kappa shape index (κ1) is 20.0. The molecule has 0 aliphatic rings. The molecule has 0 spiro atoms. The Bertz CT molecular complexity index is 939. The van der Waals surface area contributed by atoms with Crippen molar-refractivity contribution in [2.24, 2.45) is 0 Å². The quantitative estimate of drug-likeness (QED) is 0.395. The summed E-state index contributed by atoms with van der Waals surface area (Å²) in [6, 6.07) is 12.0. The molecule has 1 N–H and O–H groups in total. The highest BCUT2D eigenvalue weighted by Crippen LogP contribution is 2.37. The first-order valence-electron chi connectivity index (χ1n) is 8.81. The van der Waals surface area contributed by atoms with E-state index in [4.69, 9.17) is 14.3 Å². The van der Waals surface area contributed by atoms with Crippen LogP contribution in [0.1, 0.15) is 36.7 Å². The molecule has 0 atom stereocenters. The van der Waals surface area contributed by atoms with Gasteiger partial charge in [-0.2, -0.15) is 0 Å². The van der Waals surface area contributed by atoms with E-state index in [0.29, 0.717) is 5.75 Å². The molecule has 27 heavy (non-hydrogen) atoms. The van der Waals surface area contributed by atoms with Crippen molar-refractivity contribution < 1.29 is 19.1 Å². The second kappa shape index (κ2) is 8.93. The number of aryl methyl sites for hydroxylation is 1. The molecule has 4 nitrogen and oxygen atoms in total. The number of hydrogen-bond acceptors (Lipinski definition) is 3. The molecule has 0 radical (unpaired) electrons. The first-order valence-corrected chi connectivity index (χ1v) is 10.4. The lowest BCUT2D eigenvalue weighted by Gasteiger charge is -2.11. The fourth-order valence-electron chi connectivity index (χ4n) is 3.07. The molecule has 3 rings (SSSR count). The summed E-state index contributed by atoms with van der Waals surface area (Å²) in [5, 5.41) is 9.96. The van der Waals surface area contributed by atoms with Crippen LogP contribution < -0.4 is 4.74 Å². The summed E-state index contributed by atoms with van der Waals surface area (Å²) in [4.78, 5) is 10.8. The number of benzene rings is 2. The van der Waals surface area contributed by atoms with Gasteiger partial charge in [-0.1, -0.05) is 31.5 Å². The number of furan rings is 1. The molecule has 0 aliphatic carbocycles. The molecule has 0 amide bonds. The van der Waals surface area contributed by atoms with Gasteiger partial charge in [-0.05, 0) is 62.0 Å². The number of carboxylic acids is 1. The maximum absolute atomic E-state index is 10.8. The van der Waals surface area contributed by atoms with Crippen LogP contribution in [0.4, 0.5) is 0 Å². The number of unbranched alkanes of at least 4 members (excludes halogenated alkanes) is 1. The fourth-order valence-corrected chi connectivity index (χ4v) is 4.58. The molecular formula is C21H20Br2O4. The highest BCUT2D eigenvalue weighted by molar-refractivity contribution is 9.11. The van der Waals surface area contributed by atoms with Gasteiger partial charge < -0.3 is 14.3 Å². The monoisotopic (exact) mass is 494 g/mol. The molecule has 0 saturated carbocycles. The van der Waals surface area contributed by atoms with E-state index in [1.54, 1.807) is 0 Å². The third-order valence-electron chi connectivity index (χ3n) is 4.32. The van der Waals surface area contributed by atoms with Crippen LogP contribution in [0.25, 0.3) is 11.0 Å². The van der Waals surface area contributed by atoms with Crippen LogP contribution in [0.3, 0.4) is 0 Å². The Morgan fingerprint density at radius 2 is 1.89 bits per heavy atom. The highest BCUT2D eigenvalue weighted by Gasteiger charge is 2.16. The summed E-state index contributed by atoms with van der Waals surface area (Å²) in [7, 11) is 0. The van der Waals surface area contributed by atoms with Crippen molar-refractivity contribution >= 4 is 48.8 Å². The van der Waals surface area contributed by atoms with E-state index >= 15 is 0 Å². The number of aliphatic carboxylic acids is 1. The van der Waals surface area contributed by atoms with E-state index in [-0.39, 0.29) is 6.61 Å². The number of para-hydroxylation sites is 1. The summed E-state index contributed by atoms with van der Waals surface area (Å²) >= 11 is 6.98. The predicted octanol–water partition coefficient (Wildman–Crippen LogP) is 6.35. The number of carboxylic acid groups (broad SMARTS) is 1. The molecule has 0 fully saturated rings. The number of fused-ring (bicyclic) bond motifs is 1. The van der Waals surface area contributed by atoms with Crippen LogP contribution >= 0.6 is 31.9 Å². The van der Waals surface area contributed by atoms with E-state index in [1.807, 2.05) is 30.3 Å². The van der Waals surface area contributed by atoms with Crippen molar-refractivity contribution in [2.75, 3.05) is 6.61 Å². The third kappa shape index (κ3) is 4.74. The van der Waals surface area contributed by atoms with Gasteiger partial charge in [-0.3, -0.25) is 0 Å². The molecule has 0 saturated heterocycles. The summed E-state index contributed by atoms with van der Waals surface area (Å²) in [6.45, 7) is 1.79. The minimum atomic E-state index is -1.01. The van der Waals surface area contributed by atoms with Gasteiger partial charge in [0.05, 0.1) is 8.95 Å². The van der Waals surface area contributed by atoms with Crippen molar-refractivity contribution in [3.63, 3.8) is 0 Å². The van der Waals surface area contributed by atoms with Crippen molar-refractivity contribution in [1.29, 1.82) is 0 Å². The molecule has 0 bridgehead atoms. The van der Waals surface area contributed by atoms with Crippen molar-refractivity contribution in [3.05, 3.63) is 62.2 Å². The smallest absolute Gasteiger partial charge is 0.341 e. The van der Waals surface area contributed by atoms with Gasteiger partial charge in [0.15, 0.2) is 6.61 Å². The Kier molecular flexibility index (Phi) is 6.60. The van der Waals surface area contributed by atoms with E-state index in [9.17, 15) is 4.79 Å². The predicted molar refractivity (Wildman–Crippen MR) is 113 cm³/mol. The number of carbonyl (C=O) groups is 1. The minimum Gasteiger partial charge on any atom is -0.480 e. The van der Waals surface area contributed by atoms with Gasteiger partial charge in [0.1, 0.15) is 17.1 Å². The summed E-state index contributed by atoms with van der Waals surface area (Å²) < 4.78 is 12.9. The van der Waals surface area contributed by atoms with Gasteiger partial charge in [0.2, 0.25) is 0 Å². The average Bonchev–Trinajstić information content (AvgIpc) is 2.96. The molecule has 142 valence electrons. The van der Waals surface area contributed by atoms with Crippen LogP contribution in [0.5, 0.6) is 5.75 Å². The lowest BCUT2D eigenvalue weighted by molar-refractivity contribution is -0.139. The largest absolute Gasteiger partial charge is 0.480 e. The van der Waals surface area contributed by atoms with E-state index in [2.05, 4.69) is 44.8 Å². The number of hydrogen-bond donors (Lipinski definition) is 1. The molecular weight excluding hydrogens is 476 g/mol. The van der Waals surface area contributed by atoms with Gasteiger partial charge in [-0.25, -0.2) is 4.79 Å². The zero-order valence-corrected chi connectivity index (χ0v) is 18.1. The molecule has 6 heteroatoms. The van der Waals surface area contributed by atoms with Crippen LogP contribution in [0.2, 0.25) is 0 Å². The maximum Gasteiger partial charge on any atom is 0.341 e. The van der Waals surface area contributed by atoms with Gasteiger partial charge in [-0.15, -0.1) is 0 Å². The Balaban J connectivity index is 1.94. The van der Waals surface area contributed by atoms with Crippen molar-refractivity contribution in [3.8, 4) is 5.75 Å². The van der Waals surface area contributed by atoms with Crippen molar-refractivity contribution in [2.45, 2.75) is 32.6 Å². The third-order valence-corrected chi connectivity index (χ3v) is 5.50. The Hall–Kier alpha value is -1.79. The zero-order valence-electron chi connectivity index (χ0n) is 14.9. The standard InChI is InChI=1S/C21H20Br2O4/c1-2-3-7-19-15(14-6-4-5-8-18(14)27-19)9-13-10-16(22)21(17(23)11-13)26-12-20(24)25/h4-6,8,10-11H,2-3,7,9,12H2,1H3,(H,24,25). The first-order chi connectivity index (χ1) is 13.0. The van der Waals surface area contributed by atoms with E-state index < -0.39 is 5.97 Å². The molecule has 1 heterocycles. The molecule has 2 aromatic carbocycles. The highest BCUT2D eigenvalue weighted by atomic mass is 79.9. The normalized spacial score (nSPS) is 11.1. The number of rotatable bonds is 8. The fraction of sp³-hybridized carbons (Fsp3) is 0.286.